The van der Waals surface area contributed by atoms with E-state index in [1.54, 1.807) is 19.3 Å². The molecular weight excluding hydrogens is 415 g/mol. The Bertz CT molecular complexity index is 837. The second-order valence-corrected chi connectivity index (χ2v) is 8.30. The van der Waals surface area contributed by atoms with Crippen LogP contribution in [0.3, 0.4) is 0 Å². The smallest absolute Gasteiger partial charge is 0.161 e. The standard InChI is InChI=1S/C29H41FO3/c1-20(2)12-13-21(3)22(4)14-15-23(5)26(8)28(30)18-24(6)25(7)19-29(27(9)32-11)33-17-16-31-10/h14-15,18-21H,4-9,12-13,16-17H2,1-3,10-11H3/b15-14-,28-18+,29-19+. The van der Waals surface area contributed by atoms with Gasteiger partial charge in [0.2, 0.25) is 0 Å². The molecule has 0 aliphatic rings. The Hall–Kier alpha value is -2.85. The normalized spacial score (nSPS) is 13.1. The van der Waals surface area contributed by atoms with Crippen molar-refractivity contribution in [2.45, 2.75) is 33.6 Å². The summed E-state index contributed by atoms with van der Waals surface area (Å²) in [5, 5.41) is 0. The van der Waals surface area contributed by atoms with Crippen molar-refractivity contribution in [1.29, 1.82) is 0 Å². The minimum atomic E-state index is -0.546. The van der Waals surface area contributed by atoms with Crippen molar-refractivity contribution < 1.29 is 18.6 Å². The Kier molecular flexibility index (Phi) is 14.5. The largest absolute Gasteiger partial charge is 0.493 e. The molecule has 0 aliphatic heterocycles. The predicted molar refractivity (Wildman–Crippen MR) is 139 cm³/mol. The molecule has 4 heteroatoms. The van der Waals surface area contributed by atoms with Gasteiger partial charge < -0.3 is 14.2 Å². The third kappa shape index (κ3) is 12.1. The maximum atomic E-state index is 14.8. The van der Waals surface area contributed by atoms with Crippen LogP contribution in [0.5, 0.6) is 0 Å². The second kappa shape index (κ2) is 15.9. The first-order chi connectivity index (χ1) is 15.4. The Morgan fingerprint density at radius 1 is 0.818 bits per heavy atom. The molecule has 0 rings (SSSR count). The highest BCUT2D eigenvalue weighted by molar-refractivity contribution is 5.53. The van der Waals surface area contributed by atoms with Crippen LogP contribution in [-0.2, 0) is 14.2 Å². The molecule has 33 heavy (non-hydrogen) atoms. The van der Waals surface area contributed by atoms with E-state index in [-0.39, 0.29) is 5.57 Å². The summed E-state index contributed by atoms with van der Waals surface area (Å²) < 4.78 is 30.5. The van der Waals surface area contributed by atoms with E-state index in [4.69, 9.17) is 14.2 Å². The van der Waals surface area contributed by atoms with Gasteiger partial charge in [0.25, 0.3) is 0 Å². The van der Waals surface area contributed by atoms with Gasteiger partial charge in [-0.05, 0) is 47.1 Å². The van der Waals surface area contributed by atoms with Gasteiger partial charge in [0.1, 0.15) is 12.4 Å². The van der Waals surface area contributed by atoms with E-state index in [0.717, 1.165) is 18.4 Å². The molecule has 1 atom stereocenters. The van der Waals surface area contributed by atoms with Crippen LogP contribution in [0.15, 0.2) is 109 Å². The van der Waals surface area contributed by atoms with Crippen LogP contribution < -0.4 is 0 Å². The fraction of sp³-hybridized carbons (Fsp3) is 0.379. The maximum Gasteiger partial charge on any atom is 0.161 e. The Morgan fingerprint density at radius 2 is 1.42 bits per heavy atom. The molecule has 0 N–H and O–H groups in total. The van der Waals surface area contributed by atoms with E-state index in [0.29, 0.717) is 53.3 Å². The zero-order chi connectivity index (χ0) is 25.6. The first kappa shape index (κ1) is 30.1. The van der Waals surface area contributed by atoms with Crippen LogP contribution in [0, 0.1) is 11.8 Å². The molecule has 0 aliphatic carbocycles. The molecule has 0 radical (unpaired) electrons. The minimum absolute atomic E-state index is 0.171. The minimum Gasteiger partial charge on any atom is -0.493 e. The summed E-state index contributed by atoms with van der Waals surface area (Å²) in [6, 6.07) is 0. The molecule has 0 amide bonds. The maximum absolute atomic E-state index is 14.8. The number of halogens is 1. The summed E-state index contributed by atoms with van der Waals surface area (Å²) in [5.74, 6) is 1.13. The zero-order valence-corrected chi connectivity index (χ0v) is 21.1. The molecule has 0 fully saturated rings. The molecule has 0 aromatic carbocycles. The van der Waals surface area contributed by atoms with Crippen molar-refractivity contribution in [3.63, 3.8) is 0 Å². The molecule has 182 valence electrons. The fourth-order valence-electron chi connectivity index (χ4n) is 2.52. The van der Waals surface area contributed by atoms with Gasteiger partial charge in [-0.15, -0.1) is 0 Å². The van der Waals surface area contributed by atoms with Gasteiger partial charge >= 0.3 is 0 Å². The first-order valence-electron chi connectivity index (χ1n) is 11.0. The van der Waals surface area contributed by atoms with Gasteiger partial charge in [0, 0.05) is 12.7 Å². The zero-order valence-electron chi connectivity index (χ0n) is 21.1. The van der Waals surface area contributed by atoms with Crippen molar-refractivity contribution >= 4 is 0 Å². The van der Waals surface area contributed by atoms with Crippen molar-refractivity contribution in [1.82, 2.24) is 0 Å². The predicted octanol–water partition coefficient (Wildman–Crippen LogP) is 7.96. The van der Waals surface area contributed by atoms with Crippen molar-refractivity contribution in [3.05, 3.63) is 109 Å². The summed E-state index contributed by atoms with van der Waals surface area (Å²) in [5.41, 5.74) is 2.42. The van der Waals surface area contributed by atoms with E-state index >= 15 is 0 Å². The lowest BCUT2D eigenvalue weighted by Gasteiger charge is -2.13. The Morgan fingerprint density at radius 3 is 1.97 bits per heavy atom. The van der Waals surface area contributed by atoms with E-state index in [1.807, 2.05) is 6.08 Å². The lowest BCUT2D eigenvalue weighted by Crippen LogP contribution is -2.04. The third-order valence-corrected chi connectivity index (χ3v) is 5.07. The lowest BCUT2D eigenvalue weighted by molar-refractivity contribution is 0.102. The van der Waals surface area contributed by atoms with E-state index in [9.17, 15) is 4.39 Å². The van der Waals surface area contributed by atoms with Crippen LogP contribution in [-0.4, -0.2) is 27.4 Å². The SMILES string of the molecule is C=C(/C=C\C(=C)C(C)CCC(C)C)C(=C)/C(F)=C\C(=C)C(=C)/C=C(/OCCOC)C(=C)OC. The van der Waals surface area contributed by atoms with E-state index < -0.39 is 5.83 Å². The monoisotopic (exact) mass is 456 g/mol. The molecule has 0 bridgehead atoms. The highest BCUT2D eigenvalue weighted by Gasteiger charge is 2.10. The van der Waals surface area contributed by atoms with Crippen LogP contribution in [0.1, 0.15) is 33.6 Å². The molecule has 3 nitrogen and oxygen atoms in total. The summed E-state index contributed by atoms with van der Waals surface area (Å²) in [6.45, 7) is 30.7. The van der Waals surface area contributed by atoms with Gasteiger partial charge in [-0.1, -0.05) is 84.4 Å². The average molecular weight is 457 g/mol. The number of rotatable bonds is 17. The topological polar surface area (TPSA) is 27.7 Å². The molecule has 0 heterocycles. The van der Waals surface area contributed by atoms with Crippen molar-refractivity contribution in [2.75, 3.05) is 27.4 Å². The highest BCUT2D eigenvalue weighted by Crippen LogP contribution is 2.25. The second-order valence-electron chi connectivity index (χ2n) is 8.30. The number of allylic oxidation sites excluding steroid dienone is 10. The molecule has 0 aromatic rings. The number of hydrogen-bond donors (Lipinski definition) is 0. The van der Waals surface area contributed by atoms with Crippen molar-refractivity contribution in [2.24, 2.45) is 11.8 Å². The molecule has 0 saturated carbocycles. The highest BCUT2D eigenvalue weighted by atomic mass is 19.1. The molecular formula is C29H41FO3. The summed E-state index contributed by atoms with van der Waals surface area (Å²) in [4.78, 5) is 0. The number of ether oxygens (including phenoxy) is 3. The lowest BCUT2D eigenvalue weighted by atomic mass is 9.93. The van der Waals surface area contributed by atoms with Gasteiger partial charge in [0.05, 0.1) is 13.7 Å². The summed E-state index contributed by atoms with van der Waals surface area (Å²) in [6.07, 6.45) is 8.67. The Balaban J connectivity index is 5.20. The molecule has 0 aromatic heterocycles. The van der Waals surface area contributed by atoms with Crippen LogP contribution in [0.4, 0.5) is 4.39 Å². The van der Waals surface area contributed by atoms with Gasteiger partial charge in [-0.25, -0.2) is 4.39 Å². The average Bonchev–Trinajstić information content (AvgIpc) is 2.78. The quantitative estimate of drug-likeness (QED) is 0.126. The third-order valence-electron chi connectivity index (χ3n) is 5.07. The van der Waals surface area contributed by atoms with E-state index in [2.05, 4.69) is 60.2 Å². The molecule has 1 unspecified atom stereocenters. The fourth-order valence-corrected chi connectivity index (χ4v) is 2.52. The molecule has 0 saturated heterocycles. The van der Waals surface area contributed by atoms with Crippen LogP contribution >= 0.6 is 0 Å². The summed E-state index contributed by atoms with van der Waals surface area (Å²) >= 11 is 0. The summed E-state index contributed by atoms with van der Waals surface area (Å²) in [7, 11) is 3.06. The Labute approximate surface area is 200 Å². The first-order valence-corrected chi connectivity index (χ1v) is 11.0. The van der Waals surface area contributed by atoms with Crippen LogP contribution in [0.25, 0.3) is 0 Å². The van der Waals surface area contributed by atoms with E-state index in [1.165, 1.54) is 13.2 Å². The molecule has 0 spiro atoms. The van der Waals surface area contributed by atoms with Gasteiger partial charge in [-0.3, -0.25) is 0 Å². The van der Waals surface area contributed by atoms with Crippen molar-refractivity contribution in [3.8, 4) is 0 Å². The van der Waals surface area contributed by atoms with Gasteiger partial charge in [0.15, 0.2) is 11.5 Å². The number of methoxy groups -OCH3 is 2. The van der Waals surface area contributed by atoms with Crippen LogP contribution in [0.2, 0.25) is 0 Å². The van der Waals surface area contributed by atoms with Gasteiger partial charge in [-0.2, -0.15) is 0 Å². The number of hydrogen-bond acceptors (Lipinski definition) is 3.